The van der Waals surface area contributed by atoms with Crippen molar-refractivity contribution in [1.82, 2.24) is 0 Å². The Balaban J connectivity index is 2.69. The summed E-state index contributed by atoms with van der Waals surface area (Å²) in [6, 6.07) is 8.36. The van der Waals surface area contributed by atoms with Gasteiger partial charge in [0, 0.05) is 5.56 Å². The molecule has 0 nitrogen and oxygen atoms in total. The van der Waals surface area contributed by atoms with Gasteiger partial charge in [-0.2, -0.15) is 13.2 Å². The maximum Gasteiger partial charge on any atom is 0.417 e. The molecule has 2 aromatic rings. The van der Waals surface area contributed by atoms with Crippen LogP contribution in [0, 0.1) is 17.7 Å². The molecule has 0 aliphatic rings. The monoisotopic (exact) mass is 257 g/mol. The number of hydrogen-bond acceptors (Lipinski definition) is 0. The van der Waals surface area contributed by atoms with E-state index in [1.807, 2.05) is 0 Å². The maximum atomic E-state index is 13.5. The van der Waals surface area contributed by atoms with Crippen LogP contribution in [0.15, 0.2) is 36.4 Å². The minimum atomic E-state index is -4.65. The molecular weight excluding hydrogens is 251 g/mol. The third-order valence-corrected chi connectivity index (χ3v) is 2.41. The van der Waals surface area contributed by atoms with Crippen LogP contribution in [0.5, 0.6) is 0 Å². The molecule has 0 aliphatic heterocycles. The van der Waals surface area contributed by atoms with Gasteiger partial charge in [0.1, 0.15) is 0 Å². The average molecular weight is 257 g/mol. The van der Waals surface area contributed by atoms with Gasteiger partial charge >= 0.3 is 6.18 Å². The van der Waals surface area contributed by atoms with Gasteiger partial charge in [0.25, 0.3) is 0 Å². The minimum absolute atomic E-state index is 0.404. The first kappa shape index (κ1) is 12.5. The Labute approximate surface area is 99.7 Å². The summed E-state index contributed by atoms with van der Waals surface area (Å²) in [5.41, 5.74) is -1.87. The molecule has 0 heterocycles. The Morgan fingerprint density at radius 3 is 2.33 bits per heavy atom. The van der Waals surface area contributed by atoms with Gasteiger partial charge in [-0.25, -0.2) is 8.78 Å². The highest BCUT2D eigenvalue weighted by Gasteiger charge is 2.34. The van der Waals surface area contributed by atoms with Crippen LogP contribution >= 0.6 is 0 Å². The van der Waals surface area contributed by atoms with Gasteiger partial charge in [-0.05, 0) is 23.8 Å². The molecule has 0 aliphatic carbocycles. The second-order valence-corrected chi connectivity index (χ2v) is 3.57. The van der Waals surface area contributed by atoms with Gasteiger partial charge in [0.2, 0.25) is 0 Å². The fourth-order valence-corrected chi connectivity index (χ4v) is 1.61. The molecule has 0 unspecified atom stereocenters. The third-order valence-electron chi connectivity index (χ3n) is 2.41. The van der Waals surface area contributed by atoms with Crippen molar-refractivity contribution in [3.8, 4) is 11.1 Å². The average Bonchev–Trinajstić information content (AvgIpc) is 2.32. The van der Waals surface area contributed by atoms with E-state index in [4.69, 9.17) is 0 Å². The Hall–Kier alpha value is -1.91. The van der Waals surface area contributed by atoms with Gasteiger partial charge in [-0.15, -0.1) is 0 Å². The number of alkyl halides is 3. The van der Waals surface area contributed by atoms with Crippen LogP contribution in [0.3, 0.4) is 0 Å². The summed E-state index contributed by atoms with van der Waals surface area (Å²) in [5, 5.41) is 0. The lowest BCUT2D eigenvalue weighted by Gasteiger charge is -2.13. The number of hydrogen-bond donors (Lipinski definition) is 0. The Bertz CT molecular complexity index is 572. The van der Waals surface area contributed by atoms with E-state index < -0.39 is 34.5 Å². The molecule has 0 saturated carbocycles. The van der Waals surface area contributed by atoms with E-state index >= 15 is 0 Å². The highest BCUT2D eigenvalue weighted by atomic mass is 19.4. The summed E-state index contributed by atoms with van der Waals surface area (Å²) >= 11 is 0. The minimum Gasteiger partial charge on any atom is -0.204 e. The first-order valence-corrected chi connectivity index (χ1v) is 4.93. The van der Waals surface area contributed by atoms with Crippen molar-refractivity contribution in [2.45, 2.75) is 6.18 Å². The van der Waals surface area contributed by atoms with Crippen molar-refractivity contribution >= 4 is 0 Å². The molecule has 93 valence electrons. The third kappa shape index (κ3) is 2.20. The standard InChI is InChI=1S/C13H6F5/c14-11-7-3-5-9(12(11)15)8-4-1-2-6-10(8)13(16,17)18/h1,3-7H. The molecule has 0 amide bonds. The van der Waals surface area contributed by atoms with Crippen LogP contribution in [0.1, 0.15) is 5.56 Å². The van der Waals surface area contributed by atoms with Gasteiger partial charge in [-0.1, -0.05) is 24.3 Å². The zero-order valence-corrected chi connectivity index (χ0v) is 8.85. The second-order valence-electron chi connectivity index (χ2n) is 3.57. The molecule has 0 N–H and O–H groups in total. The van der Waals surface area contributed by atoms with E-state index in [-0.39, 0.29) is 0 Å². The van der Waals surface area contributed by atoms with E-state index in [1.165, 1.54) is 6.07 Å². The number of rotatable bonds is 1. The summed E-state index contributed by atoms with van der Waals surface area (Å²) in [6.07, 6.45) is -4.65. The molecular formula is C13H6F5. The first-order valence-electron chi connectivity index (χ1n) is 4.93. The molecule has 0 saturated heterocycles. The van der Waals surface area contributed by atoms with Crippen molar-refractivity contribution < 1.29 is 22.0 Å². The summed E-state index contributed by atoms with van der Waals surface area (Å²) in [5.74, 6) is -2.48. The predicted octanol–water partition coefficient (Wildman–Crippen LogP) is 4.45. The van der Waals surface area contributed by atoms with Crippen LogP contribution in [0.25, 0.3) is 11.1 Å². The maximum absolute atomic E-state index is 13.5. The quantitative estimate of drug-likeness (QED) is 0.662. The Morgan fingerprint density at radius 1 is 0.944 bits per heavy atom. The fourth-order valence-electron chi connectivity index (χ4n) is 1.61. The number of benzene rings is 2. The SMILES string of the molecule is Fc1cccc(-c2cc[c]cc2C(F)(F)F)c1F. The largest absolute Gasteiger partial charge is 0.417 e. The molecule has 5 heteroatoms. The molecule has 0 atom stereocenters. The van der Waals surface area contributed by atoms with Crippen LogP contribution in [0.4, 0.5) is 22.0 Å². The van der Waals surface area contributed by atoms with E-state index in [2.05, 4.69) is 6.07 Å². The van der Waals surface area contributed by atoms with Gasteiger partial charge in [0.05, 0.1) is 5.56 Å². The smallest absolute Gasteiger partial charge is 0.204 e. The van der Waals surface area contributed by atoms with Crippen molar-refractivity contribution in [1.29, 1.82) is 0 Å². The van der Waals surface area contributed by atoms with Crippen LogP contribution in [-0.2, 0) is 6.18 Å². The topological polar surface area (TPSA) is 0 Å². The first-order chi connectivity index (χ1) is 8.41. The molecule has 0 bridgehead atoms. The van der Waals surface area contributed by atoms with Gasteiger partial charge in [0.15, 0.2) is 11.6 Å². The van der Waals surface area contributed by atoms with E-state index in [1.54, 1.807) is 0 Å². The highest BCUT2D eigenvalue weighted by Crippen LogP contribution is 2.37. The van der Waals surface area contributed by atoms with E-state index in [0.717, 1.165) is 24.3 Å². The van der Waals surface area contributed by atoms with Crippen molar-refractivity contribution in [3.63, 3.8) is 0 Å². The zero-order valence-electron chi connectivity index (χ0n) is 8.85. The summed E-state index contributed by atoms with van der Waals surface area (Å²) in [6.45, 7) is 0. The molecule has 18 heavy (non-hydrogen) atoms. The number of halogens is 5. The Kier molecular flexibility index (Phi) is 3.07. The predicted molar refractivity (Wildman–Crippen MR) is 55.6 cm³/mol. The fraction of sp³-hybridized carbons (Fsp3) is 0.0769. The molecule has 1 radical (unpaired) electrons. The van der Waals surface area contributed by atoms with Crippen molar-refractivity contribution in [3.05, 3.63) is 59.7 Å². The summed E-state index contributed by atoms with van der Waals surface area (Å²) in [7, 11) is 0. The molecule has 0 aromatic heterocycles. The van der Waals surface area contributed by atoms with Crippen molar-refractivity contribution in [2.24, 2.45) is 0 Å². The molecule has 0 fully saturated rings. The highest BCUT2D eigenvalue weighted by molar-refractivity contribution is 5.68. The molecule has 2 aromatic carbocycles. The normalized spacial score (nSPS) is 11.6. The lowest BCUT2D eigenvalue weighted by molar-refractivity contribution is -0.137. The van der Waals surface area contributed by atoms with Gasteiger partial charge < -0.3 is 0 Å². The van der Waals surface area contributed by atoms with Crippen molar-refractivity contribution in [2.75, 3.05) is 0 Å². The Morgan fingerprint density at radius 2 is 1.67 bits per heavy atom. The van der Waals surface area contributed by atoms with Crippen LogP contribution in [0.2, 0.25) is 0 Å². The van der Waals surface area contributed by atoms with E-state index in [9.17, 15) is 22.0 Å². The van der Waals surface area contributed by atoms with E-state index in [0.29, 0.717) is 6.07 Å². The lowest BCUT2D eigenvalue weighted by Crippen LogP contribution is -2.07. The molecule has 0 spiro atoms. The zero-order chi connectivity index (χ0) is 13.3. The van der Waals surface area contributed by atoms with Crippen LogP contribution < -0.4 is 0 Å². The lowest BCUT2D eigenvalue weighted by atomic mass is 9.99. The summed E-state index contributed by atoms with van der Waals surface area (Å²) < 4.78 is 64.7. The summed E-state index contributed by atoms with van der Waals surface area (Å²) in [4.78, 5) is 0. The second kappa shape index (κ2) is 4.40. The molecule has 2 rings (SSSR count). The van der Waals surface area contributed by atoms with Gasteiger partial charge in [-0.3, -0.25) is 0 Å². The van der Waals surface area contributed by atoms with Crippen LogP contribution in [-0.4, -0.2) is 0 Å².